The van der Waals surface area contributed by atoms with E-state index in [2.05, 4.69) is 47.3 Å². The Morgan fingerprint density at radius 1 is 1.12 bits per heavy atom. The molecule has 0 heterocycles. The van der Waals surface area contributed by atoms with Gasteiger partial charge in [-0.25, -0.2) is 4.79 Å². The van der Waals surface area contributed by atoms with Gasteiger partial charge in [-0.2, -0.15) is 0 Å². The third-order valence-corrected chi connectivity index (χ3v) is 4.82. The van der Waals surface area contributed by atoms with E-state index in [1.165, 1.54) is 5.57 Å². The summed E-state index contributed by atoms with van der Waals surface area (Å²) < 4.78 is 5.85. The SMILES string of the molecule is C=C(CC(C)(C)c1c(C)cc(C)cc1OC(=O)c1ccccc1)C(C)C. The predicted octanol–water partition coefficient (Wildman–Crippen LogP) is 6.40. The number of esters is 1. The second-order valence-electron chi connectivity index (χ2n) is 8.08. The summed E-state index contributed by atoms with van der Waals surface area (Å²) in [5.74, 6) is 0.753. The standard InChI is InChI=1S/C24H30O2/c1-16(2)19(5)15-24(6,7)22-18(4)13-17(3)14-21(22)26-23(25)20-11-9-8-10-12-20/h8-14,16H,5,15H2,1-4,6-7H3. The number of hydrogen-bond donors (Lipinski definition) is 0. The first-order chi connectivity index (χ1) is 12.1. The highest BCUT2D eigenvalue weighted by molar-refractivity contribution is 5.91. The van der Waals surface area contributed by atoms with E-state index in [1.807, 2.05) is 31.2 Å². The van der Waals surface area contributed by atoms with Gasteiger partial charge in [0.25, 0.3) is 0 Å². The maximum Gasteiger partial charge on any atom is 0.343 e. The van der Waals surface area contributed by atoms with Gasteiger partial charge < -0.3 is 4.74 Å². The van der Waals surface area contributed by atoms with Gasteiger partial charge in [-0.1, -0.05) is 64.1 Å². The van der Waals surface area contributed by atoms with Crippen LogP contribution in [0.4, 0.5) is 0 Å². The van der Waals surface area contributed by atoms with Crippen molar-refractivity contribution in [2.24, 2.45) is 5.92 Å². The van der Waals surface area contributed by atoms with Crippen molar-refractivity contribution in [3.8, 4) is 5.75 Å². The lowest BCUT2D eigenvalue weighted by Gasteiger charge is -2.31. The Morgan fingerprint density at radius 2 is 1.73 bits per heavy atom. The first-order valence-corrected chi connectivity index (χ1v) is 9.18. The first kappa shape index (κ1) is 20.0. The highest BCUT2D eigenvalue weighted by Crippen LogP contribution is 2.40. The molecule has 0 amide bonds. The van der Waals surface area contributed by atoms with Gasteiger partial charge in [-0.15, -0.1) is 0 Å². The topological polar surface area (TPSA) is 26.3 Å². The molecule has 0 fully saturated rings. The van der Waals surface area contributed by atoms with Crippen molar-refractivity contribution in [3.05, 3.63) is 76.9 Å². The van der Waals surface area contributed by atoms with Crippen LogP contribution in [0.3, 0.4) is 0 Å². The van der Waals surface area contributed by atoms with Crippen molar-refractivity contribution in [2.75, 3.05) is 0 Å². The molecule has 0 spiro atoms. The molecule has 0 aliphatic carbocycles. The zero-order valence-electron chi connectivity index (χ0n) is 16.8. The highest BCUT2D eigenvalue weighted by atomic mass is 16.5. The van der Waals surface area contributed by atoms with E-state index in [-0.39, 0.29) is 11.4 Å². The summed E-state index contributed by atoms with van der Waals surface area (Å²) in [6.07, 6.45) is 0.852. The largest absolute Gasteiger partial charge is 0.423 e. The summed E-state index contributed by atoms with van der Waals surface area (Å²) in [6, 6.07) is 13.2. The summed E-state index contributed by atoms with van der Waals surface area (Å²) in [5.41, 5.74) is 4.89. The number of benzene rings is 2. The second-order valence-corrected chi connectivity index (χ2v) is 8.08. The van der Waals surface area contributed by atoms with Crippen LogP contribution in [0.5, 0.6) is 5.75 Å². The number of carbonyl (C=O) groups is 1. The minimum atomic E-state index is -0.324. The van der Waals surface area contributed by atoms with E-state index in [1.54, 1.807) is 12.1 Å². The maximum absolute atomic E-state index is 12.6. The van der Waals surface area contributed by atoms with Gasteiger partial charge in [-0.3, -0.25) is 0 Å². The average molecular weight is 351 g/mol. The van der Waals surface area contributed by atoms with Gasteiger partial charge in [-0.05, 0) is 60.9 Å². The third-order valence-electron chi connectivity index (χ3n) is 4.82. The lowest BCUT2D eigenvalue weighted by atomic mass is 9.75. The van der Waals surface area contributed by atoms with Crippen LogP contribution in [0.25, 0.3) is 0 Å². The van der Waals surface area contributed by atoms with Crippen LogP contribution in [0.1, 0.15) is 61.2 Å². The summed E-state index contributed by atoms with van der Waals surface area (Å²) in [6.45, 7) is 17.1. The molecule has 0 saturated heterocycles. The summed E-state index contributed by atoms with van der Waals surface area (Å²) in [4.78, 5) is 12.6. The number of rotatable bonds is 6. The van der Waals surface area contributed by atoms with Crippen molar-refractivity contribution in [1.29, 1.82) is 0 Å². The Balaban J connectivity index is 2.43. The Kier molecular flexibility index (Phi) is 6.07. The van der Waals surface area contributed by atoms with Crippen molar-refractivity contribution in [3.63, 3.8) is 0 Å². The van der Waals surface area contributed by atoms with E-state index >= 15 is 0 Å². The molecule has 0 N–H and O–H groups in total. The highest BCUT2D eigenvalue weighted by Gasteiger charge is 2.29. The molecule has 2 aromatic rings. The Hall–Kier alpha value is -2.35. The molecular formula is C24H30O2. The zero-order chi connectivity index (χ0) is 19.5. The second kappa shape index (κ2) is 7.90. The third kappa shape index (κ3) is 4.63. The van der Waals surface area contributed by atoms with Gasteiger partial charge >= 0.3 is 5.97 Å². The number of aryl methyl sites for hydroxylation is 2. The Morgan fingerprint density at radius 3 is 2.31 bits per heavy atom. The van der Waals surface area contributed by atoms with Crippen LogP contribution >= 0.6 is 0 Å². The molecule has 0 saturated carbocycles. The number of hydrogen-bond acceptors (Lipinski definition) is 2. The lowest BCUT2D eigenvalue weighted by Crippen LogP contribution is -2.23. The zero-order valence-corrected chi connectivity index (χ0v) is 16.8. The molecule has 2 nitrogen and oxygen atoms in total. The van der Waals surface area contributed by atoms with Crippen molar-refractivity contribution in [1.82, 2.24) is 0 Å². The molecule has 0 aliphatic rings. The fraction of sp³-hybridized carbons (Fsp3) is 0.375. The normalized spacial score (nSPS) is 11.5. The molecule has 0 aliphatic heterocycles. The van der Waals surface area contributed by atoms with E-state index in [0.29, 0.717) is 17.2 Å². The van der Waals surface area contributed by atoms with E-state index in [0.717, 1.165) is 23.1 Å². The summed E-state index contributed by atoms with van der Waals surface area (Å²) in [5, 5.41) is 0. The van der Waals surface area contributed by atoms with E-state index < -0.39 is 0 Å². The monoisotopic (exact) mass is 350 g/mol. The molecule has 0 bridgehead atoms. The minimum absolute atomic E-state index is 0.175. The van der Waals surface area contributed by atoms with Crippen LogP contribution in [-0.2, 0) is 5.41 Å². The van der Waals surface area contributed by atoms with Crippen molar-refractivity contribution < 1.29 is 9.53 Å². The lowest BCUT2D eigenvalue weighted by molar-refractivity contribution is 0.0731. The fourth-order valence-electron chi connectivity index (χ4n) is 3.47. The maximum atomic E-state index is 12.6. The van der Waals surface area contributed by atoms with E-state index in [4.69, 9.17) is 4.74 Å². The molecule has 0 atom stereocenters. The smallest absolute Gasteiger partial charge is 0.343 e. The van der Waals surface area contributed by atoms with E-state index in [9.17, 15) is 4.79 Å². The molecule has 2 rings (SSSR count). The molecule has 138 valence electrons. The summed E-state index contributed by atoms with van der Waals surface area (Å²) in [7, 11) is 0. The molecule has 0 radical (unpaired) electrons. The van der Waals surface area contributed by atoms with Gasteiger partial charge in [0.2, 0.25) is 0 Å². The van der Waals surface area contributed by atoms with Gasteiger partial charge in [0.05, 0.1) is 5.56 Å². The fourth-order valence-corrected chi connectivity index (χ4v) is 3.47. The Labute approximate surface area is 157 Å². The molecule has 0 unspecified atom stereocenters. The average Bonchev–Trinajstić information content (AvgIpc) is 2.54. The van der Waals surface area contributed by atoms with Crippen LogP contribution < -0.4 is 4.74 Å². The van der Waals surface area contributed by atoms with Gasteiger partial charge in [0.1, 0.15) is 5.75 Å². The van der Waals surface area contributed by atoms with Crippen LogP contribution in [0, 0.1) is 19.8 Å². The molecular weight excluding hydrogens is 320 g/mol. The van der Waals surface area contributed by atoms with Gasteiger partial charge in [0.15, 0.2) is 0 Å². The quantitative estimate of drug-likeness (QED) is 0.342. The minimum Gasteiger partial charge on any atom is -0.423 e. The van der Waals surface area contributed by atoms with Crippen molar-refractivity contribution in [2.45, 2.75) is 53.4 Å². The van der Waals surface area contributed by atoms with Crippen LogP contribution in [0.15, 0.2) is 54.6 Å². The van der Waals surface area contributed by atoms with Crippen LogP contribution in [0.2, 0.25) is 0 Å². The number of allylic oxidation sites excluding steroid dienone is 1. The van der Waals surface area contributed by atoms with Crippen molar-refractivity contribution >= 4 is 5.97 Å². The summed E-state index contributed by atoms with van der Waals surface area (Å²) >= 11 is 0. The number of ether oxygens (including phenoxy) is 1. The van der Waals surface area contributed by atoms with Crippen LogP contribution in [-0.4, -0.2) is 5.97 Å². The van der Waals surface area contributed by atoms with Gasteiger partial charge in [0, 0.05) is 5.56 Å². The first-order valence-electron chi connectivity index (χ1n) is 9.18. The predicted molar refractivity (Wildman–Crippen MR) is 109 cm³/mol. The molecule has 2 aromatic carbocycles. The molecule has 26 heavy (non-hydrogen) atoms. The molecule has 0 aromatic heterocycles. The Bertz CT molecular complexity index is 798. The number of carbonyl (C=O) groups excluding carboxylic acids is 1. The molecule has 2 heteroatoms.